The molecule has 1 amide bonds. The Bertz CT molecular complexity index is 812. The fourth-order valence-corrected chi connectivity index (χ4v) is 3.03. The lowest BCUT2D eigenvalue weighted by Crippen LogP contribution is -2.35. The molecular formula is C22H26N2O4. The third-order valence-corrected chi connectivity index (χ3v) is 4.58. The highest BCUT2D eigenvalue weighted by molar-refractivity contribution is 6.02. The van der Waals surface area contributed by atoms with Crippen molar-refractivity contribution in [2.75, 3.05) is 45.8 Å². The number of nitrogens with zero attached hydrogens (tertiary/aromatic N) is 1. The normalized spacial score (nSPS) is 14.8. The van der Waals surface area contributed by atoms with Crippen LogP contribution in [0.5, 0.6) is 11.5 Å². The van der Waals surface area contributed by atoms with E-state index in [0.717, 1.165) is 44.1 Å². The molecule has 0 spiro atoms. The van der Waals surface area contributed by atoms with Crippen LogP contribution in [0, 0.1) is 0 Å². The molecule has 0 atom stereocenters. The molecule has 1 aliphatic rings. The molecule has 0 aromatic heterocycles. The monoisotopic (exact) mass is 382 g/mol. The van der Waals surface area contributed by atoms with Crippen molar-refractivity contribution in [2.45, 2.75) is 6.54 Å². The lowest BCUT2D eigenvalue weighted by atomic mass is 10.1. The maximum atomic E-state index is 12.2. The van der Waals surface area contributed by atoms with Crippen LogP contribution in [0.15, 0.2) is 48.5 Å². The van der Waals surface area contributed by atoms with Gasteiger partial charge < -0.3 is 19.5 Å². The number of carbonyl (C=O) groups is 1. The molecule has 1 aliphatic heterocycles. The number of hydrogen-bond acceptors (Lipinski definition) is 5. The standard InChI is InChI=1S/C22H26N2O4/c1-26-20-8-9-21(27-2)18(15-20)5-10-22(25)23-19-6-3-17(4-7-19)16-24-11-13-28-14-12-24/h3-10,15H,11-14,16H2,1-2H3,(H,23,25)/b10-5+. The van der Waals surface area contributed by atoms with E-state index in [4.69, 9.17) is 14.2 Å². The maximum absolute atomic E-state index is 12.2. The molecule has 0 radical (unpaired) electrons. The van der Waals surface area contributed by atoms with Gasteiger partial charge in [0.15, 0.2) is 0 Å². The molecule has 6 heteroatoms. The number of hydrogen-bond donors (Lipinski definition) is 1. The average molecular weight is 382 g/mol. The smallest absolute Gasteiger partial charge is 0.248 e. The molecule has 0 aliphatic carbocycles. The summed E-state index contributed by atoms with van der Waals surface area (Å²) in [6.45, 7) is 4.39. The van der Waals surface area contributed by atoms with Crippen molar-refractivity contribution in [3.8, 4) is 11.5 Å². The van der Waals surface area contributed by atoms with E-state index in [0.29, 0.717) is 11.5 Å². The van der Waals surface area contributed by atoms with Crippen LogP contribution < -0.4 is 14.8 Å². The van der Waals surface area contributed by atoms with Gasteiger partial charge in [-0.3, -0.25) is 9.69 Å². The average Bonchev–Trinajstić information content (AvgIpc) is 2.74. The first kappa shape index (κ1) is 19.9. The van der Waals surface area contributed by atoms with Gasteiger partial charge >= 0.3 is 0 Å². The van der Waals surface area contributed by atoms with Gasteiger partial charge in [-0.05, 0) is 42.0 Å². The van der Waals surface area contributed by atoms with Gasteiger partial charge in [-0.2, -0.15) is 0 Å². The summed E-state index contributed by atoms with van der Waals surface area (Å²) in [5, 5.41) is 2.88. The summed E-state index contributed by atoms with van der Waals surface area (Å²) < 4.78 is 15.9. The zero-order chi connectivity index (χ0) is 19.8. The Morgan fingerprint density at radius 1 is 1.11 bits per heavy atom. The largest absolute Gasteiger partial charge is 0.497 e. The van der Waals surface area contributed by atoms with E-state index in [1.165, 1.54) is 11.6 Å². The summed E-state index contributed by atoms with van der Waals surface area (Å²) in [6.07, 6.45) is 3.20. The number of ether oxygens (including phenoxy) is 3. The number of nitrogens with one attached hydrogen (secondary N) is 1. The first-order chi connectivity index (χ1) is 13.7. The van der Waals surface area contributed by atoms with Crippen LogP contribution in [0.3, 0.4) is 0 Å². The lowest BCUT2D eigenvalue weighted by Gasteiger charge is -2.26. The second-order valence-corrected chi connectivity index (χ2v) is 6.52. The Balaban J connectivity index is 1.58. The molecular weight excluding hydrogens is 356 g/mol. The summed E-state index contributed by atoms with van der Waals surface area (Å²) in [7, 11) is 3.20. The van der Waals surface area contributed by atoms with Crippen LogP contribution in [0.1, 0.15) is 11.1 Å². The molecule has 0 unspecified atom stereocenters. The summed E-state index contributed by atoms with van der Waals surface area (Å²) in [4.78, 5) is 14.6. The fourth-order valence-electron chi connectivity index (χ4n) is 3.03. The van der Waals surface area contributed by atoms with Gasteiger partial charge in [0.05, 0.1) is 27.4 Å². The first-order valence-corrected chi connectivity index (χ1v) is 9.28. The molecule has 1 fully saturated rings. The molecule has 1 heterocycles. The molecule has 28 heavy (non-hydrogen) atoms. The highest BCUT2D eigenvalue weighted by Gasteiger charge is 2.10. The van der Waals surface area contributed by atoms with E-state index >= 15 is 0 Å². The highest BCUT2D eigenvalue weighted by Crippen LogP contribution is 2.25. The number of morpholine rings is 1. The van der Waals surface area contributed by atoms with Crippen molar-refractivity contribution >= 4 is 17.7 Å². The summed E-state index contributed by atoms with van der Waals surface area (Å²) in [5.41, 5.74) is 2.76. The zero-order valence-corrected chi connectivity index (χ0v) is 16.3. The van der Waals surface area contributed by atoms with E-state index in [-0.39, 0.29) is 5.91 Å². The minimum Gasteiger partial charge on any atom is -0.497 e. The number of methoxy groups -OCH3 is 2. The third kappa shape index (κ3) is 5.58. The maximum Gasteiger partial charge on any atom is 0.248 e. The number of benzene rings is 2. The number of anilines is 1. The molecule has 0 saturated carbocycles. The molecule has 3 rings (SSSR count). The van der Waals surface area contributed by atoms with Crippen LogP contribution >= 0.6 is 0 Å². The van der Waals surface area contributed by atoms with E-state index in [2.05, 4.69) is 10.2 Å². The van der Waals surface area contributed by atoms with Gasteiger partial charge in [0.1, 0.15) is 11.5 Å². The molecule has 1 N–H and O–H groups in total. The highest BCUT2D eigenvalue weighted by atomic mass is 16.5. The van der Waals surface area contributed by atoms with Crippen LogP contribution in [-0.2, 0) is 16.1 Å². The van der Waals surface area contributed by atoms with E-state index in [1.54, 1.807) is 20.3 Å². The van der Waals surface area contributed by atoms with Crippen molar-refractivity contribution in [1.82, 2.24) is 4.90 Å². The predicted octanol–water partition coefficient (Wildman–Crippen LogP) is 3.19. The number of carbonyl (C=O) groups excluding carboxylic acids is 1. The molecule has 6 nitrogen and oxygen atoms in total. The first-order valence-electron chi connectivity index (χ1n) is 9.28. The summed E-state index contributed by atoms with van der Waals surface area (Å²) in [5.74, 6) is 1.18. The molecule has 2 aromatic carbocycles. The topological polar surface area (TPSA) is 60.0 Å². The van der Waals surface area contributed by atoms with Crippen LogP contribution in [-0.4, -0.2) is 51.3 Å². The van der Waals surface area contributed by atoms with Crippen molar-refractivity contribution in [3.63, 3.8) is 0 Å². The predicted molar refractivity (Wildman–Crippen MR) is 110 cm³/mol. The van der Waals surface area contributed by atoms with Gasteiger partial charge in [-0.15, -0.1) is 0 Å². The Labute approximate surface area is 165 Å². The second-order valence-electron chi connectivity index (χ2n) is 6.52. The lowest BCUT2D eigenvalue weighted by molar-refractivity contribution is -0.111. The molecule has 148 valence electrons. The van der Waals surface area contributed by atoms with Gasteiger partial charge in [-0.25, -0.2) is 0 Å². The Morgan fingerprint density at radius 2 is 1.86 bits per heavy atom. The van der Waals surface area contributed by atoms with Crippen molar-refractivity contribution in [2.24, 2.45) is 0 Å². The Morgan fingerprint density at radius 3 is 2.54 bits per heavy atom. The minimum absolute atomic E-state index is 0.203. The van der Waals surface area contributed by atoms with Gasteiger partial charge in [0.2, 0.25) is 5.91 Å². The summed E-state index contributed by atoms with van der Waals surface area (Å²) in [6, 6.07) is 13.4. The molecule has 1 saturated heterocycles. The number of amides is 1. The minimum atomic E-state index is -0.203. The van der Waals surface area contributed by atoms with Crippen molar-refractivity contribution < 1.29 is 19.0 Å². The summed E-state index contributed by atoms with van der Waals surface area (Å²) >= 11 is 0. The van der Waals surface area contributed by atoms with Gasteiger partial charge in [0.25, 0.3) is 0 Å². The molecule has 0 bridgehead atoms. The van der Waals surface area contributed by atoms with Crippen molar-refractivity contribution in [3.05, 3.63) is 59.7 Å². The van der Waals surface area contributed by atoms with E-state index in [9.17, 15) is 4.79 Å². The number of rotatable bonds is 7. The third-order valence-electron chi connectivity index (χ3n) is 4.58. The van der Waals surface area contributed by atoms with Gasteiger partial charge in [0, 0.05) is 37.0 Å². The SMILES string of the molecule is COc1ccc(OC)c(/C=C/C(=O)Nc2ccc(CN3CCOCC3)cc2)c1. The fraction of sp³-hybridized carbons (Fsp3) is 0.318. The quantitative estimate of drug-likeness (QED) is 0.746. The van der Waals surface area contributed by atoms with E-state index in [1.807, 2.05) is 42.5 Å². The van der Waals surface area contributed by atoms with Crippen molar-refractivity contribution in [1.29, 1.82) is 0 Å². The second kappa shape index (κ2) is 9.92. The zero-order valence-electron chi connectivity index (χ0n) is 16.3. The molecule has 2 aromatic rings. The Kier molecular flexibility index (Phi) is 7.06. The van der Waals surface area contributed by atoms with Gasteiger partial charge in [-0.1, -0.05) is 12.1 Å². The van der Waals surface area contributed by atoms with Crippen LogP contribution in [0.25, 0.3) is 6.08 Å². The van der Waals surface area contributed by atoms with Crippen LogP contribution in [0.4, 0.5) is 5.69 Å². The van der Waals surface area contributed by atoms with E-state index < -0.39 is 0 Å². The Hall–Kier alpha value is -2.83. The van der Waals surface area contributed by atoms with Crippen LogP contribution in [0.2, 0.25) is 0 Å².